The van der Waals surface area contributed by atoms with E-state index >= 15 is 0 Å². The van der Waals surface area contributed by atoms with Crippen LogP contribution in [-0.2, 0) is 11.2 Å². The molecule has 0 saturated carbocycles. The number of amides is 1. The lowest BCUT2D eigenvalue weighted by atomic mass is 10.1. The Morgan fingerprint density at radius 2 is 1.62 bits per heavy atom. The van der Waals surface area contributed by atoms with Gasteiger partial charge in [-0.2, -0.15) is 0 Å². The third-order valence-corrected chi connectivity index (χ3v) is 2.80. The number of carboxylic acid groups (broad SMARTS) is 1. The molecule has 0 saturated heterocycles. The van der Waals surface area contributed by atoms with Gasteiger partial charge in [0.2, 0.25) is 0 Å². The first kappa shape index (κ1) is 14.4. The molecule has 108 valence electrons. The van der Waals surface area contributed by atoms with Crippen LogP contribution in [0.5, 0.6) is 11.5 Å². The Balaban J connectivity index is 2.08. The monoisotopic (exact) mass is 287 g/mol. The van der Waals surface area contributed by atoms with E-state index in [-0.39, 0.29) is 23.5 Å². The van der Waals surface area contributed by atoms with Crippen LogP contribution in [0.4, 0.5) is 5.69 Å². The molecule has 2 aromatic rings. The van der Waals surface area contributed by atoms with E-state index in [1.54, 1.807) is 24.3 Å². The normalized spacial score (nSPS) is 10.1. The number of anilines is 1. The van der Waals surface area contributed by atoms with Crippen molar-refractivity contribution in [1.82, 2.24) is 0 Å². The zero-order valence-electron chi connectivity index (χ0n) is 10.9. The maximum absolute atomic E-state index is 11.9. The number of aromatic hydroxyl groups is 2. The predicted octanol–water partition coefficient (Wildman–Crippen LogP) is 1.98. The highest BCUT2D eigenvalue weighted by Crippen LogP contribution is 2.25. The van der Waals surface area contributed by atoms with Crippen molar-refractivity contribution in [3.05, 3.63) is 53.6 Å². The highest BCUT2D eigenvalue weighted by Gasteiger charge is 2.09. The van der Waals surface area contributed by atoms with Gasteiger partial charge in [-0.1, -0.05) is 12.1 Å². The third kappa shape index (κ3) is 3.73. The molecule has 0 unspecified atom stereocenters. The number of hydrogen-bond acceptors (Lipinski definition) is 4. The van der Waals surface area contributed by atoms with Gasteiger partial charge < -0.3 is 20.6 Å². The van der Waals surface area contributed by atoms with Gasteiger partial charge >= 0.3 is 5.97 Å². The molecule has 0 aliphatic carbocycles. The Kier molecular flexibility index (Phi) is 4.08. The van der Waals surface area contributed by atoms with Gasteiger partial charge in [0.25, 0.3) is 5.91 Å². The van der Waals surface area contributed by atoms with Crippen LogP contribution in [0.25, 0.3) is 0 Å². The number of benzene rings is 2. The number of aliphatic carboxylic acids is 1. The minimum absolute atomic E-state index is 0.0833. The molecular formula is C15H13NO5. The predicted molar refractivity (Wildman–Crippen MR) is 75.5 cm³/mol. The zero-order valence-corrected chi connectivity index (χ0v) is 10.9. The molecule has 6 nitrogen and oxygen atoms in total. The Labute approximate surface area is 120 Å². The van der Waals surface area contributed by atoms with Crippen molar-refractivity contribution in [3.8, 4) is 11.5 Å². The molecule has 4 N–H and O–H groups in total. The fraction of sp³-hybridized carbons (Fsp3) is 0.0667. The van der Waals surface area contributed by atoms with Crippen LogP contribution in [0, 0.1) is 0 Å². The van der Waals surface area contributed by atoms with Crippen LogP contribution < -0.4 is 5.32 Å². The third-order valence-electron chi connectivity index (χ3n) is 2.80. The molecule has 0 fully saturated rings. The van der Waals surface area contributed by atoms with E-state index in [0.29, 0.717) is 11.3 Å². The smallest absolute Gasteiger partial charge is 0.307 e. The van der Waals surface area contributed by atoms with Crippen molar-refractivity contribution in [3.63, 3.8) is 0 Å². The van der Waals surface area contributed by atoms with Crippen LogP contribution in [0.3, 0.4) is 0 Å². The molecule has 0 aromatic heterocycles. The first-order valence-corrected chi connectivity index (χ1v) is 6.10. The average molecular weight is 287 g/mol. The quantitative estimate of drug-likeness (QED) is 0.643. The van der Waals surface area contributed by atoms with E-state index < -0.39 is 11.9 Å². The van der Waals surface area contributed by atoms with Gasteiger partial charge in [-0.3, -0.25) is 9.59 Å². The number of phenolic OH excluding ortho intramolecular Hbond substituents is 2. The van der Waals surface area contributed by atoms with Crippen LogP contribution in [-0.4, -0.2) is 27.2 Å². The van der Waals surface area contributed by atoms with Gasteiger partial charge in [-0.25, -0.2) is 0 Å². The first-order valence-electron chi connectivity index (χ1n) is 6.10. The second-order valence-electron chi connectivity index (χ2n) is 4.43. The molecular weight excluding hydrogens is 274 g/mol. The number of nitrogens with one attached hydrogen (secondary N) is 1. The van der Waals surface area contributed by atoms with E-state index in [1.165, 1.54) is 12.1 Å². The van der Waals surface area contributed by atoms with Gasteiger partial charge in [0.05, 0.1) is 6.42 Å². The lowest BCUT2D eigenvalue weighted by molar-refractivity contribution is -0.136. The SMILES string of the molecule is O=C(O)Cc1ccc(NC(=O)c2ccc(O)c(O)c2)cc1. The highest BCUT2D eigenvalue weighted by molar-refractivity contribution is 6.04. The molecule has 0 radical (unpaired) electrons. The molecule has 0 aliphatic rings. The summed E-state index contributed by atoms with van der Waals surface area (Å²) in [4.78, 5) is 22.5. The van der Waals surface area contributed by atoms with Crippen molar-refractivity contribution in [2.45, 2.75) is 6.42 Å². The lowest BCUT2D eigenvalue weighted by Gasteiger charge is -2.07. The summed E-state index contributed by atoms with van der Waals surface area (Å²) in [5.41, 5.74) is 1.32. The summed E-state index contributed by atoms with van der Waals surface area (Å²) < 4.78 is 0. The summed E-state index contributed by atoms with van der Waals surface area (Å²) in [6.07, 6.45) is -0.0833. The fourth-order valence-electron chi connectivity index (χ4n) is 1.75. The minimum Gasteiger partial charge on any atom is -0.504 e. The van der Waals surface area contributed by atoms with Crippen LogP contribution >= 0.6 is 0 Å². The van der Waals surface area contributed by atoms with Crippen molar-refractivity contribution in [2.75, 3.05) is 5.32 Å². The topological polar surface area (TPSA) is 107 Å². The number of phenols is 2. The molecule has 2 rings (SSSR count). The minimum atomic E-state index is -0.925. The van der Waals surface area contributed by atoms with Crippen LogP contribution in [0.15, 0.2) is 42.5 Å². The number of carbonyl (C=O) groups excluding carboxylic acids is 1. The molecule has 21 heavy (non-hydrogen) atoms. The Hall–Kier alpha value is -3.02. The number of rotatable bonds is 4. The van der Waals surface area contributed by atoms with Crippen molar-refractivity contribution in [2.24, 2.45) is 0 Å². The largest absolute Gasteiger partial charge is 0.504 e. The van der Waals surface area contributed by atoms with Gasteiger partial charge in [0, 0.05) is 11.3 Å². The maximum atomic E-state index is 11.9. The van der Waals surface area contributed by atoms with Crippen molar-refractivity contribution in [1.29, 1.82) is 0 Å². The Morgan fingerprint density at radius 1 is 0.952 bits per heavy atom. The number of hydrogen-bond donors (Lipinski definition) is 4. The van der Waals surface area contributed by atoms with E-state index in [9.17, 15) is 19.8 Å². The summed E-state index contributed by atoms with van der Waals surface area (Å²) >= 11 is 0. The molecule has 0 aliphatic heterocycles. The van der Waals surface area contributed by atoms with E-state index in [4.69, 9.17) is 5.11 Å². The second kappa shape index (κ2) is 5.96. The highest BCUT2D eigenvalue weighted by atomic mass is 16.4. The summed E-state index contributed by atoms with van der Waals surface area (Å²) in [5.74, 6) is -2.05. The molecule has 0 heterocycles. The van der Waals surface area contributed by atoms with Crippen LogP contribution in [0.2, 0.25) is 0 Å². The summed E-state index contributed by atoms with van der Waals surface area (Å²) in [5, 5.41) is 29.8. The van der Waals surface area contributed by atoms with E-state index in [0.717, 1.165) is 6.07 Å². The molecule has 0 atom stereocenters. The van der Waals surface area contributed by atoms with Gasteiger partial charge in [-0.15, -0.1) is 0 Å². The Morgan fingerprint density at radius 3 is 2.19 bits per heavy atom. The van der Waals surface area contributed by atoms with Gasteiger partial charge in [0.15, 0.2) is 11.5 Å². The van der Waals surface area contributed by atoms with Crippen molar-refractivity contribution >= 4 is 17.6 Å². The zero-order chi connectivity index (χ0) is 15.4. The molecule has 0 bridgehead atoms. The molecule has 1 amide bonds. The first-order chi connectivity index (χ1) is 9.95. The van der Waals surface area contributed by atoms with E-state index in [2.05, 4.69) is 5.32 Å². The van der Waals surface area contributed by atoms with Gasteiger partial charge in [-0.05, 0) is 35.9 Å². The van der Waals surface area contributed by atoms with Gasteiger partial charge in [0.1, 0.15) is 0 Å². The summed E-state index contributed by atoms with van der Waals surface area (Å²) in [7, 11) is 0. The standard InChI is InChI=1S/C15H13NO5/c17-12-6-3-10(8-13(12)18)15(21)16-11-4-1-9(2-5-11)7-14(19)20/h1-6,8,17-18H,7H2,(H,16,21)(H,19,20). The average Bonchev–Trinajstić information content (AvgIpc) is 2.43. The number of carbonyl (C=O) groups is 2. The molecule has 0 spiro atoms. The van der Waals surface area contributed by atoms with Crippen molar-refractivity contribution < 1.29 is 24.9 Å². The summed E-state index contributed by atoms with van der Waals surface area (Å²) in [6, 6.07) is 10.2. The maximum Gasteiger partial charge on any atom is 0.307 e. The van der Waals surface area contributed by atoms with E-state index in [1.807, 2.05) is 0 Å². The summed E-state index contributed by atoms with van der Waals surface area (Å²) in [6.45, 7) is 0. The Bertz CT molecular complexity index is 679. The molecule has 2 aromatic carbocycles. The lowest BCUT2D eigenvalue weighted by Crippen LogP contribution is -2.11. The molecule has 6 heteroatoms. The number of carboxylic acids is 1. The second-order valence-corrected chi connectivity index (χ2v) is 4.43. The fourth-order valence-corrected chi connectivity index (χ4v) is 1.75. The van der Waals surface area contributed by atoms with Crippen LogP contribution in [0.1, 0.15) is 15.9 Å².